The number of carbonyl (C=O) groups is 1. The molecule has 3 heterocycles. The summed E-state index contributed by atoms with van der Waals surface area (Å²) < 4.78 is 14.7. The Morgan fingerprint density at radius 3 is 2.48 bits per heavy atom. The number of ether oxygens (including phenoxy) is 2. The maximum absolute atomic E-state index is 17.5. The molecular formula is C72H105N3O12. The second-order valence-electron chi connectivity index (χ2n) is 32.2. The number of carbonyl (C=O) groups excluding carboxylic acids is 1. The zero-order valence-corrected chi connectivity index (χ0v) is 52.3. The van der Waals surface area contributed by atoms with E-state index in [0.717, 1.165) is 88.3 Å². The second kappa shape index (κ2) is 21.6. The van der Waals surface area contributed by atoms with Crippen LogP contribution in [-0.2, 0) is 14.3 Å². The van der Waals surface area contributed by atoms with Gasteiger partial charge < -0.3 is 71.8 Å². The fourth-order valence-electron chi connectivity index (χ4n) is 25.2. The summed E-state index contributed by atoms with van der Waals surface area (Å²) in [5.74, 6) is -2.05. The number of hydrogen-bond acceptors (Lipinski definition) is 15. The summed E-state index contributed by atoms with van der Waals surface area (Å²) in [6.45, 7) is 5.65. The highest BCUT2D eigenvalue weighted by atomic mass is 16.5. The summed E-state index contributed by atoms with van der Waals surface area (Å²) in [7, 11) is 0. The van der Waals surface area contributed by atoms with Crippen LogP contribution in [0.25, 0.3) is 0 Å². The van der Waals surface area contributed by atoms with E-state index in [9.17, 15) is 35.7 Å². The molecule has 480 valence electrons. The summed E-state index contributed by atoms with van der Waals surface area (Å²) in [6, 6.07) is 0. The maximum Gasteiger partial charge on any atom is 0.185 e. The third-order valence-corrected chi connectivity index (χ3v) is 28.4. The molecule has 0 radical (unpaired) electrons. The Morgan fingerprint density at radius 2 is 1.68 bits per heavy atom. The molecule has 8 saturated carbocycles. The molecule has 10 fully saturated rings. The topological polar surface area (TPSA) is 268 Å². The molecule has 27 atom stereocenters. The first kappa shape index (κ1) is 60.5. The molecule has 2 saturated heterocycles. The van der Waals surface area contributed by atoms with Crippen LogP contribution >= 0.6 is 0 Å². The first-order valence-corrected chi connectivity index (χ1v) is 35.3. The van der Waals surface area contributed by atoms with Gasteiger partial charge in [-0.2, -0.15) is 0 Å². The number of allylic oxidation sites excluding steroid dienone is 7. The van der Waals surface area contributed by atoms with Gasteiger partial charge in [0.05, 0.1) is 77.5 Å². The van der Waals surface area contributed by atoms with Crippen LogP contribution in [-0.4, -0.2) is 142 Å². The van der Waals surface area contributed by atoms with Gasteiger partial charge in [0.2, 0.25) is 0 Å². The molecule has 16 rings (SSSR count). The number of hydrogen-bond donors (Lipinski definition) is 12. The fraction of sp³-hybridized carbons (Fsp3) is 0.819. The zero-order chi connectivity index (χ0) is 60.5. The minimum Gasteiger partial charge on any atom is -0.396 e. The maximum atomic E-state index is 17.5. The van der Waals surface area contributed by atoms with E-state index in [4.69, 9.17) is 15.2 Å². The van der Waals surface area contributed by atoms with E-state index in [-0.39, 0.29) is 117 Å². The number of dihydropyridines is 1. The summed E-state index contributed by atoms with van der Waals surface area (Å²) in [5.41, 5.74) is 1.51. The predicted octanol–water partition coefficient (Wildman–Crippen LogP) is 7.26. The molecule has 15 heteroatoms. The molecule has 3 aliphatic heterocycles. The van der Waals surface area contributed by atoms with Gasteiger partial charge in [-0.25, -0.2) is 0 Å². The highest BCUT2D eigenvalue weighted by Gasteiger charge is 2.83. The van der Waals surface area contributed by atoms with Crippen molar-refractivity contribution >= 4 is 5.78 Å². The zero-order valence-electron chi connectivity index (χ0n) is 52.3. The largest absolute Gasteiger partial charge is 0.396 e. The van der Waals surface area contributed by atoms with Crippen LogP contribution < -0.4 is 16.4 Å². The molecule has 8 bridgehead atoms. The van der Waals surface area contributed by atoms with Crippen LogP contribution in [0.5, 0.6) is 0 Å². The fourth-order valence-corrected chi connectivity index (χ4v) is 25.2. The molecule has 0 amide bonds. The number of Topliss-reactive ketones (excluding diaryl/α,β-unsaturated/α-hetero) is 1. The van der Waals surface area contributed by atoms with Crippen molar-refractivity contribution in [1.82, 2.24) is 10.6 Å². The average Bonchev–Trinajstić information content (AvgIpc) is 1.63. The van der Waals surface area contributed by atoms with Crippen LogP contribution in [0.2, 0.25) is 0 Å². The molecule has 13 aliphatic carbocycles. The van der Waals surface area contributed by atoms with Crippen molar-refractivity contribution in [3.05, 3.63) is 69.6 Å². The quantitative estimate of drug-likeness (QED) is 0.0908. The van der Waals surface area contributed by atoms with Gasteiger partial charge in [-0.3, -0.25) is 4.79 Å². The third-order valence-electron chi connectivity index (χ3n) is 28.4. The molecule has 0 aromatic carbocycles. The van der Waals surface area contributed by atoms with Gasteiger partial charge in [0, 0.05) is 53.4 Å². The molecule has 0 aromatic rings. The van der Waals surface area contributed by atoms with Gasteiger partial charge in [-0.15, -0.1) is 0 Å². The Hall–Kier alpha value is -2.77. The van der Waals surface area contributed by atoms with Gasteiger partial charge in [-0.05, 0) is 237 Å². The van der Waals surface area contributed by atoms with Gasteiger partial charge >= 0.3 is 0 Å². The number of nitrogens with two attached hydrogens (primary N) is 1. The van der Waals surface area contributed by atoms with Crippen LogP contribution in [0.4, 0.5) is 0 Å². The SMILES string of the molecule is CCCC1CCC2OC3C(C(O)CCCC3(O)C(C)(O)C3CCC4(O)C5=C(NCC(C)O)C(=O)C67CCC8C9=C%10C(=CC9)C9CCCC9OC%10CC9CCC(CC98)C34CC3(O)C=CC(C4=C(CCCO)NC(N)C=C4)CC6(CC(O)C(O)C7)C53)C2CC1. The van der Waals surface area contributed by atoms with E-state index >= 15 is 15.0 Å². The van der Waals surface area contributed by atoms with Crippen molar-refractivity contribution in [2.75, 3.05) is 13.2 Å². The van der Waals surface area contributed by atoms with Gasteiger partial charge in [0.15, 0.2) is 5.78 Å². The van der Waals surface area contributed by atoms with E-state index in [0.29, 0.717) is 68.8 Å². The normalized spacial score (nSPS) is 51.3. The smallest absolute Gasteiger partial charge is 0.185 e. The lowest BCUT2D eigenvalue weighted by Gasteiger charge is -2.72. The molecule has 27 unspecified atom stereocenters. The Labute approximate surface area is 515 Å². The molecule has 15 nitrogen and oxygen atoms in total. The highest BCUT2D eigenvalue weighted by molar-refractivity contribution is 6.03. The molecule has 3 spiro atoms. The second-order valence-corrected chi connectivity index (χ2v) is 32.2. The standard InChI is InChI=1S/C72H105N3O12/c1-4-8-39-13-17-48-55(21-14-39)87-65-60(48)51(78)11-6-26-72(65,85)66(3,82)57-25-29-71(84)61-62(74-36-38(2)77)64(81)67-27-24-44-46-18-19-47-45-9-5-12-54(45)86-56(59(46)47)31-40-15-16-42(32-49(40)44)70(57,71)37-69(83)28-23-41(43-20-22-58(73)75-50(43)10-7-30-76)33-68(67,63(61)69)35-53(80)52(79)34-67/h19-20,22-23,28,38-42,44-45,48-49,51-58,60,63,65,74-80,82-85H,4-18,21,24-27,29-37,73H2,1-3H3. The summed E-state index contributed by atoms with van der Waals surface area (Å²) in [5, 5.41) is 126. The molecule has 16 aliphatic rings. The lowest BCUT2D eigenvalue weighted by molar-refractivity contribution is -0.282. The lowest BCUT2D eigenvalue weighted by atomic mass is 9.33. The van der Waals surface area contributed by atoms with Crippen LogP contribution in [0.15, 0.2) is 69.6 Å². The molecular weight excluding hydrogens is 1100 g/mol. The monoisotopic (exact) mass is 1200 g/mol. The van der Waals surface area contributed by atoms with Crippen LogP contribution in [0.3, 0.4) is 0 Å². The minimum atomic E-state index is -1.98. The molecule has 13 N–H and O–H groups in total. The Bertz CT molecular complexity index is 2930. The number of aliphatic hydroxyl groups excluding tert-OH is 5. The van der Waals surface area contributed by atoms with Crippen molar-refractivity contribution in [2.45, 2.75) is 272 Å². The first-order chi connectivity index (χ1) is 41.7. The molecule has 87 heavy (non-hydrogen) atoms. The predicted molar refractivity (Wildman–Crippen MR) is 327 cm³/mol. The first-order valence-electron chi connectivity index (χ1n) is 35.3. The van der Waals surface area contributed by atoms with Gasteiger partial charge in [-0.1, -0.05) is 62.5 Å². The van der Waals surface area contributed by atoms with E-state index in [2.05, 4.69) is 29.7 Å². The highest BCUT2D eigenvalue weighted by Crippen LogP contribution is 2.80. The van der Waals surface area contributed by atoms with Gasteiger partial charge in [0.1, 0.15) is 5.60 Å². The lowest BCUT2D eigenvalue weighted by Crippen LogP contribution is -2.76. The number of ketones is 1. The van der Waals surface area contributed by atoms with E-state index in [1.54, 1.807) is 13.8 Å². The summed E-state index contributed by atoms with van der Waals surface area (Å²) in [6.07, 6.45) is 21.8. The average molecular weight is 1200 g/mol. The van der Waals surface area contributed by atoms with Crippen LogP contribution in [0, 0.1) is 81.3 Å². The Morgan fingerprint density at radius 1 is 0.862 bits per heavy atom. The van der Waals surface area contributed by atoms with E-state index in [1.165, 1.54) is 16.7 Å². The minimum absolute atomic E-state index is 0.00116. The summed E-state index contributed by atoms with van der Waals surface area (Å²) in [4.78, 5) is 17.5. The van der Waals surface area contributed by atoms with Crippen molar-refractivity contribution in [2.24, 2.45) is 87.1 Å². The third kappa shape index (κ3) is 8.56. The number of nitrogens with one attached hydrogen (secondary N) is 2. The van der Waals surface area contributed by atoms with E-state index in [1.807, 2.05) is 18.2 Å². The number of rotatable bonds is 11. The van der Waals surface area contributed by atoms with E-state index < -0.39 is 99.0 Å². The number of aliphatic hydroxyl groups is 9. The summed E-state index contributed by atoms with van der Waals surface area (Å²) >= 11 is 0. The van der Waals surface area contributed by atoms with Crippen molar-refractivity contribution in [3.63, 3.8) is 0 Å². The Balaban J connectivity index is 0.977. The Kier molecular flexibility index (Phi) is 15.0. The number of fused-ring (bicyclic) bond motifs is 7. The van der Waals surface area contributed by atoms with Crippen molar-refractivity contribution in [1.29, 1.82) is 0 Å². The van der Waals surface area contributed by atoms with Crippen LogP contribution in [0.1, 0.15) is 194 Å². The van der Waals surface area contributed by atoms with Gasteiger partial charge in [0.25, 0.3) is 0 Å². The van der Waals surface area contributed by atoms with Crippen molar-refractivity contribution < 1.29 is 60.2 Å². The molecule has 0 aromatic heterocycles. The van der Waals surface area contributed by atoms with Crippen molar-refractivity contribution in [3.8, 4) is 0 Å².